The molecule has 0 radical (unpaired) electrons. The number of nitrogens with one attached hydrogen (secondary N) is 2. The number of carbonyl (C=O) groups excluding carboxylic acids is 1. The van der Waals surface area contributed by atoms with Gasteiger partial charge in [-0.1, -0.05) is 18.2 Å². The zero-order chi connectivity index (χ0) is 19.7. The van der Waals surface area contributed by atoms with Crippen molar-refractivity contribution >= 4 is 5.91 Å². The van der Waals surface area contributed by atoms with Crippen molar-refractivity contribution in [1.82, 2.24) is 29.9 Å². The van der Waals surface area contributed by atoms with Crippen LogP contribution in [0.2, 0.25) is 0 Å². The van der Waals surface area contributed by atoms with Gasteiger partial charge in [-0.05, 0) is 31.9 Å². The van der Waals surface area contributed by atoms with E-state index in [1.165, 1.54) is 10.7 Å². The number of H-pyrrole nitrogens is 1. The van der Waals surface area contributed by atoms with Gasteiger partial charge in [0.1, 0.15) is 18.1 Å². The average Bonchev–Trinajstić information content (AvgIpc) is 3.27. The van der Waals surface area contributed by atoms with Gasteiger partial charge >= 0.3 is 0 Å². The average molecular weight is 382 g/mol. The molecule has 1 amide bonds. The zero-order valence-electron chi connectivity index (χ0n) is 15.5. The summed E-state index contributed by atoms with van der Waals surface area (Å²) in [7, 11) is 0. The Morgan fingerprint density at radius 3 is 2.71 bits per heavy atom. The van der Waals surface area contributed by atoms with E-state index in [2.05, 4.69) is 20.6 Å². The minimum absolute atomic E-state index is 0.0145. The summed E-state index contributed by atoms with van der Waals surface area (Å²) >= 11 is 0. The molecular weight excluding hydrogens is 360 g/mol. The highest BCUT2D eigenvalue weighted by Gasteiger charge is 2.35. The first-order valence-corrected chi connectivity index (χ1v) is 9.31. The lowest BCUT2D eigenvalue weighted by atomic mass is 9.79. The Morgan fingerprint density at radius 2 is 2.04 bits per heavy atom. The summed E-state index contributed by atoms with van der Waals surface area (Å²) in [4.78, 5) is 24.7. The highest BCUT2D eigenvalue weighted by Crippen LogP contribution is 2.36. The van der Waals surface area contributed by atoms with Crippen LogP contribution in [0.1, 0.15) is 47.8 Å². The fraction of sp³-hybridized carbons (Fsp3) is 0.368. The molecule has 9 heteroatoms. The number of nitrogens with zero attached hydrogens (tertiary/aromatic N) is 4. The number of aromatic nitrogens is 5. The van der Waals surface area contributed by atoms with Gasteiger partial charge in [0.25, 0.3) is 11.5 Å². The maximum absolute atomic E-state index is 12.5. The number of para-hydroxylation sites is 1. The quantitative estimate of drug-likeness (QED) is 0.587. The Morgan fingerprint density at radius 1 is 1.29 bits per heavy atom. The molecule has 2 heterocycles. The highest BCUT2D eigenvalue weighted by atomic mass is 16.3. The van der Waals surface area contributed by atoms with Crippen LogP contribution in [-0.2, 0) is 13.2 Å². The molecule has 1 saturated carbocycles. The van der Waals surface area contributed by atoms with Crippen molar-refractivity contribution < 1.29 is 9.90 Å². The molecule has 4 rings (SSSR count). The van der Waals surface area contributed by atoms with Crippen LogP contribution in [0.15, 0.2) is 41.2 Å². The molecule has 3 aromatic rings. The van der Waals surface area contributed by atoms with Gasteiger partial charge < -0.3 is 15.0 Å². The third-order valence-corrected chi connectivity index (χ3v) is 5.13. The molecule has 146 valence electrons. The van der Waals surface area contributed by atoms with Crippen LogP contribution in [-0.4, -0.2) is 41.6 Å². The molecule has 9 nitrogen and oxygen atoms in total. The summed E-state index contributed by atoms with van der Waals surface area (Å²) in [5.41, 5.74) is 0.626. The van der Waals surface area contributed by atoms with Gasteiger partial charge in [0.15, 0.2) is 5.82 Å². The molecule has 3 N–H and O–H groups in total. The van der Waals surface area contributed by atoms with Crippen LogP contribution >= 0.6 is 0 Å². The second kappa shape index (κ2) is 7.43. The predicted molar refractivity (Wildman–Crippen MR) is 101 cm³/mol. The van der Waals surface area contributed by atoms with Crippen LogP contribution in [0.25, 0.3) is 5.69 Å². The first kappa shape index (κ1) is 18.2. The van der Waals surface area contributed by atoms with Crippen LogP contribution < -0.4 is 10.9 Å². The predicted octanol–water partition coefficient (Wildman–Crippen LogP) is 0.945. The van der Waals surface area contributed by atoms with Gasteiger partial charge in [0.05, 0.1) is 5.69 Å². The maximum atomic E-state index is 12.5. The van der Waals surface area contributed by atoms with E-state index in [4.69, 9.17) is 0 Å². The summed E-state index contributed by atoms with van der Waals surface area (Å²) in [5, 5.41) is 23.3. The second-order valence-corrected chi connectivity index (χ2v) is 6.89. The van der Waals surface area contributed by atoms with E-state index in [9.17, 15) is 14.7 Å². The van der Waals surface area contributed by atoms with Gasteiger partial charge in [-0.25, -0.2) is 4.68 Å². The molecule has 1 fully saturated rings. The normalized spacial score (nSPS) is 18.6. The fourth-order valence-corrected chi connectivity index (χ4v) is 3.60. The zero-order valence-corrected chi connectivity index (χ0v) is 15.5. The maximum Gasteiger partial charge on any atom is 0.271 e. The first-order valence-electron chi connectivity index (χ1n) is 9.31. The van der Waals surface area contributed by atoms with Gasteiger partial charge in [0.2, 0.25) is 0 Å². The monoisotopic (exact) mass is 382 g/mol. The van der Waals surface area contributed by atoms with Crippen LogP contribution in [0.3, 0.4) is 0 Å². The number of rotatable bonds is 6. The van der Waals surface area contributed by atoms with Gasteiger partial charge in [-0.3, -0.25) is 14.7 Å². The van der Waals surface area contributed by atoms with Crippen LogP contribution in [0.5, 0.6) is 0 Å². The van der Waals surface area contributed by atoms with Crippen molar-refractivity contribution in [2.75, 3.05) is 0 Å². The summed E-state index contributed by atoms with van der Waals surface area (Å²) in [6.07, 6.45) is 1.50. The van der Waals surface area contributed by atoms with E-state index >= 15 is 0 Å². The van der Waals surface area contributed by atoms with Crippen LogP contribution in [0.4, 0.5) is 0 Å². The fourth-order valence-electron chi connectivity index (χ4n) is 3.60. The Bertz CT molecular complexity index is 1030. The smallest absolute Gasteiger partial charge is 0.271 e. The Kier molecular flexibility index (Phi) is 4.82. The van der Waals surface area contributed by atoms with E-state index in [-0.39, 0.29) is 35.7 Å². The molecule has 0 bridgehead atoms. The lowest BCUT2D eigenvalue weighted by Crippen LogP contribution is -2.44. The lowest BCUT2D eigenvalue weighted by molar-refractivity contribution is 0.0901. The number of amides is 1. The van der Waals surface area contributed by atoms with E-state index in [1.54, 1.807) is 12.1 Å². The van der Waals surface area contributed by atoms with E-state index < -0.39 is 0 Å². The summed E-state index contributed by atoms with van der Waals surface area (Å²) in [5.74, 6) is 1.31. The SMILES string of the molecule is CCn1c(CO)nnc1C1CC(NC(=O)c2cc(=O)n(-c3ccccc3)[nH]2)C1. The summed E-state index contributed by atoms with van der Waals surface area (Å²) < 4.78 is 3.26. The van der Waals surface area contributed by atoms with Crippen molar-refractivity contribution in [3.8, 4) is 5.69 Å². The van der Waals surface area contributed by atoms with E-state index in [0.717, 1.165) is 18.7 Å². The number of hydrogen-bond donors (Lipinski definition) is 3. The third-order valence-electron chi connectivity index (χ3n) is 5.13. The van der Waals surface area contributed by atoms with Gasteiger partial charge in [-0.15, -0.1) is 10.2 Å². The Hall–Kier alpha value is -3.20. The highest BCUT2D eigenvalue weighted by molar-refractivity contribution is 5.92. The minimum atomic E-state index is -0.303. The number of aliphatic hydroxyl groups excluding tert-OH is 1. The molecule has 0 aliphatic heterocycles. The van der Waals surface area contributed by atoms with Gasteiger partial charge in [-0.2, -0.15) is 0 Å². The molecular formula is C19H22N6O3. The van der Waals surface area contributed by atoms with E-state index in [0.29, 0.717) is 18.1 Å². The molecule has 1 aliphatic rings. The Labute approximate surface area is 161 Å². The molecule has 0 saturated heterocycles. The number of aliphatic hydroxyl groups is 1. The third kappa shape index (κ3) is 3.24. The standard InChI is InChI=1S/C19H22N6O3/c1-2-24-16(11-26)21-22-18(24)12-8-13(9-12)20-19(28)15-10-17(27)25(23-15)14-6-4-3-5-7-14/h3-7,10,12-13,23,26H,2,8-9,11H2,1H3,(H,20,28). The van der Waals surface area contributed by atoms with Crippen molar-refractivity contribution in [2.24, 2.45) is 0 Å². The van der Waals surface area contributed by atoms with Crippen LogP contribution in [0, 0.1) is 0 Å². The number of aromatic amines is 1. The van der Waals surface area contributed by atoms with Gasteiger partial charge in [0, 0.05) is 24.6 Å². The molecule has 28 heavy (non-hydrogen) atoms. The summed E-state index contributed by atoms with van der Waals surface area (Å²) in [6, 6.07) is 10.4. The molecule has 0 atom stereocenters. The Balaban J connectivity index is 1.40. The molecule has 1 aromatic carbocycles. The number of benzene rings is 1. The number of carbonyl (C=O) groups is 1. The van der Waals surface area contributed by atoms with Crippen molar-refractivity contribution in [3.63, 3.8) is 0 Å². The molecule has 0 spiro atoms. The molecule has 2 aromatic heterocycles. The van der Waals surface area contributed by atoms with Crippen molar-refractivity contribution in [2.45, 2.75) is 44.9 Å². The minimum Gasteiger partial charge on any atom is -0.388 e. The first-order chi connectivity index (χ1) is 13.6. The second-order valence-electron chi connectivity index (χ2n) is 6.89. The lowest BCUT2D eigenvalue weighted by Gasteiger charge is -2.35. The van der Waals surface area contributed by atoms with E-state index in [1.807, 2.05) is 29.7 Å². The largest absolute Gasteiger partial charge is 0.388 e. The number of hydrogen-bond acceptors (Lipinski definition) is 5. The van der Waals surface area contributed by atoms with Crippen molar-refractivity contribution in [3.05, 3.63) is 64.1 Å². The van der Waals surface area contributed by atoms with Crippen molar-refractivity contribution in [1.29, 1.82) is 0 Å². The molecule has 0 unspecified atom stereocenters. The topological polar surface area (TPSA) is 118 Å². The summed E-state index contributed by atoms with van der Waals surface area (Å²) in [6.45, 7) is 2.54. The molecule has 1 aliphatic carbocycles.